The SMILES string of the molecule is N#C/C(=C\c1c(Oc2ccccc2)nc2ccccn2c1=O)C(=O)NC[C@H]1CCCO1. The zero-order valence-electron chi connectivity index (χ0n) is 16.7. The summed E-state index contributed by atoms with van der Waals surface area (Å²) in [6.07, 6.45) is 4.53. The van der Waals surface area contributed by atoms with Crippen molar-refractivity contribution in [3.05, 3.63) is 76.2 Å². The maximum absolute atomic E-state index is 13.1. The Hall–Kier alpha value is -3.96. The third kappa shape index (κ3) is 4.63. The molecule has 1 saturated heterocycles. The molecule has 0 radical (unpaired) electrons. The van der Waals surface area contributed by atoms with Crippen molar-refractivity contribution in [1.82, 2.24) is 14.7 Å². The molecule has 1 amide bonds. The summed E-state index contributed by atoms with van der Waals surface area (Å²) in [4.78, 5) is 30.1. The van der Waals surface area contributed by atoms with Crippen molar-refractivity contribution in [1.29, 1.82) is 5.26 Å². The largest absolute Gasteiger partial charge is 0.438 e. The van der Waals surface area contributed by atoms with Gasteiger partial charge in [-0.05, 0) is 43.2 Å². The van der Waals surface area contributed by atoms with Crippen LogP contribution in [0.25, 0.3) is 11.7 Å². The van der Waals surface area contributed by atoms with Gasteiger partial charge in [-0.15, -0.1) is 0 Å². The Bertz CT molecular complexity index is 1220. The lowest BCUT2D eigenvalue weighted by molar-refractivity contribution is -0.117. The van der Waals surface area contributed by atoms with Crippen LogP contribution in [0.15, 0.2) is 65.1 Å². The number of hydrogen-bond acceptors (Lipinski definition) is 6. The fraction of sp³-hybridized carbons (Fsp3) is 0.217. The van der Waals surface area contributed by atoms with Crippen molar-refractivity contribution in [2.75, 3.05) is 13.2 Å². The molecule has 3 aromatic rings. The minimum absolute atomic E-state index is 0.0105. The van der Waals surface area contributed by atoms with Gasteiger partial charge in [0.25, 0.3) is 11.5 Å². The van der Waals surface area contributed by atoms with Crippen LogP contribution in [0.3, 0.4) is 0 Å². The number of carbonyl (C=O) groups excluding carboxylic acids is 1. The number of rotatable bonds is 6. The number of benzene rings is 1. The van der Waals surface area contributed by atoms with Gasteiger partial charge in [0.2, 0.25) is 5.88 Å². The number of nitrogens with one attached hydrogen (secondary N) is 1. The quantitative estimate of drug-likeness (QED) is 0.489. The maximum Gasteiger partial charge on any atom is 0.269 e. The predicted octanol–water partition coefficient (Wildman–Crippen LogP) is 2.69. The first-order valence-electron chi connectivity index (χ1n) is 9.91. The number of nitrogens with zero attached hydrogens (tertiary/aromatic N) is 3. The van der Waals surface area contributed by atoms with E-state index in [1.165, 1.54) is 10.5 Å². The van der Waals surface area contributed by atoms with Crippen LogP contribution in [0.2, 0.25) is 0 Å². The normalized spacial score (nSPS) is 16.1. The van der Waals surface area contributed by atoms with Crippen LogP contribution < -0.4 is 15.6 Å². The van der Waals surface area contributed by atoms with E-state index in [-0.39, 0.29) is 23.1 Å². The molecule has 2 aromatic heterocycles. The van der Waals surface area contributed by atoms with E-state index in [0.29, 0.717) is 24.5 Å². The summed E-state index contributed by atoms with van der Waals surface area (Å²) in [6.45, 7) is 0.974. The number of aromatic nitrogens is 2. The smallest absolute Gasteiger partial charge is 0.269 e. The zero-order chi connectivity index (χ0) is 21.6. The number of carbonyl (C=O) groups is 1. The maximum atomic E-state index is 13.1. The van der Waals surface area contributed by atoms with E-state index in [2.05, 4.69) is 10.3 Å². The fourth-order valence-electron chi connectivity index (χ4n) is 3.28. The van der Waals surface area contributed by atoms with Crippen molar-refractivity contribution in [3.8, 4) is 17.7 Å². The van der Waals surface area contributed by atoms with E-state index >= 15 is 0 Å². The first-order chi connectivity index (χ1) is 15.2. The number of amides is 1. The molecule has 0 unspecified atom stereocenters. The minimum Gasteiger partial charge on any atom is -0.438 e. The molecule has 31 heavy (non-hydrogen) atoms. The van der Waals surface area contributed by atoms with Crippen molar-refractivity contribution in [2.24, 2.45) is 0 Å². The van der Waals surface area contributed by atoms with Crippen LogP contribution in [-0.4, -0.2) is 34.5 Å². The standard InChI is InChI=1S/C23H20N4O4/c24-14-16(21(28)25-15-18-9-6-12-30-18)13-19-22(31-17-7-2-1-3-8-17)26-20-10-4-5-11-27(20)23(19)29/h1-5,7-8,10-11,13,18H,6,9,12,15H2,(H,25,28)/b16-13+/t18-/m1/s1. The summed E-state index contributed by atoms with van der Waals surface area (Å²) in [5.74, 6) is -0.0889. The van der Waals surface area contributed by atoms with Crippen LogP contribution in [0.1, 0.15) is 18.4 Å². The summed E-state index contributed by atoms with van der Waals surface area (Å²) in [7, 11) is 0. The van der Waals surface area contributed by atoms with E-state index in [9.17, 15) is 14.9 Å². The van der Waals surface area contributed by atoms with Gasteiger partial charge in [0, 0.05) is 19.3 Å². The zero-order valence-corrected chi connectivity index (χ0v) is 16.7. The van der Waals surface area contributed by atoms with Gasteiger partial charge >= 0.3 is 0 Å². The molecular weight excluding hydrogens is 396 g/mol. The molecule has 156 valence electrons. The lowest BCUT2D eigenvalue weighted by Gasteiger charge is -2.11. The highest BCUT2D eigenvalue weighted by Crippen LogP contribution is 2.23. The lowest BCUT2D eigenvalue weighted by Crippen LogP contribution is -2.32. The van der Waals surface area contributed by atoms with Gasteiger partial charge in [0.05, 0.1) is 6.10 Å². The molecular formula is C23H20N4O4. The third-order valence-electron chi connectivity index (χ3n) is 4.86. The molecule has 1 fully saturated rings. The van der Waals surface area contributed by atoms with Crippen molar-refractivity contribution in [2.45, 2.75) is 18.9 Å². The second-order valence-electron chi connectivity index (χ2n) is 6.99. The van der Waals surface area contributed by atoms with Gasteiger partial charge in [-0.3, -0.25) is 14.0 Å². The van der Waals surface area contributed by atoms with Crippen molar-refractivity contribution >= 4 is 17.6 Å². The Balaban J connectivity index is 1.72. The van der Waals surface area contributed by atoms with Gasteiger partial charge in [0.1, 0.15) is 28.6 Å². The van der Waals surface area contributed by atoms with Gasteiger partial charge in [-0.1, -0.05) is 24.3 Å². The van der Waals surface area contributed by atoms with Crippen LogP contribution in [0.4, 0.5) is 0 Å². The molecule has 0 saturated carbocycles. The molecule has 0 spiro atoms. The number of fused-ring (bicyclic) bond motifs is 1. The van der Waals surface area contributed by atoms with E-state index in [0.717, 1.165) is 12.8 Å². The average molecular weight is 416 g/mol. The molecule has 1 N–H and O–H groups in total. The molecule has 3 heterocycles. The molecule has 0 bridgehead atoms. The van der Waals surface area contributed by atoms with Gasteiger partial charge < -0.3 is 14.8 Å². The number of para-hydroxylation sites is 1. The highest BCUT2D eigenvalue weighted by Gasteiger charge is 2.20. The second kappa shape index (κ2) is 9.24. The number of pyridine rings is 1. The highest BCUT2D eigenvalue weighted by atomic mass is 16.5. The Morgan fingerprint density at radius 2 is 2.10 bits per heavy atom. The molecule has 1 aliphatic heterocycles. The molecule has 8 heteroatoms. The molecule has 0 aliphatic carbocycles. The molecule has 1 aromatic carbocycles. The number of nitriles is 1. The third-order valence-corrected chi connectivity index (χ3v) is 4.86. The molecule has 1 atom stereocenters. The lowest BCUT2D eigenvalue weighted by atomic mass is 10.1. The summed E-state index contributed by atoms with van der Waals surface area (Å²) in [5, 5.41) is 12.3. The first kappa shape index (κ1) is 20.3. The Morgan fingerprint density at radius 1 is 1.29 bits per heavy atom. The average Bonchev–Trinajstić information content (AvgIpc) is 3.32. The minimum atomic E-state index is -0.582. The number of hydrogen-bond donors (Lipinski definition) is 1. The predicted molar refractivity (Wildman–Crippen MR) is 114 cm³/mol. The summed E-state index contributed by atoms with van der Waals surface area (Å²) in [6, 6.07) is 15.9. The highest BCUT2D eigenvalue weighted by molar-refractivity contribution is 6.01. The fourth-order valence-corrected chi connectivity index (χ4v) is 3.28. The van der Waals surface area contributed by atoms with Crippen LogP contribution in [0.5, 0.6) is 11.6 Å². The van der Waals surface area contributed by atoms with Crippen LogP contribution in [0, 0.1) is 11.3 Å². The first-order valence-corrected chi connectivity index (χ1v) is 9.91. The Kier molecular flexibility index (Phi) is 6.05. The number of ether oxygens (including phenoxy) is 2. The summed E-state index contributed by atoms with van der Waals surface area (Å²) in [5.41, 5.74) is -0.268. The monoisotopic (exact) mass is 416 g/mol. The summed E-state index contributed by atoms with van der Waals surface area (Å²) < 4.78 is 12.7. The van der Waals surface area contributed by atoms with E-state index in [4.69, 9.17) is 9.47 Å². The van der Waals surface area contributed by atoms with Crippen molar-refractivity contribution in [3.63, 3.8) is 0 Å². The van der Waals surface area contributed by atoms with E-state index < -0.39 is 11.5 Å². The van der Waals surface area contributed by atoms with Gasteiger partial charge in [-0.2, -0.15) is 10.2 Å². The molecule has 4 rings (SSSR count). The van der Waals surface area contributed by atoms with Crippen molar-refractivity contribution < 1.29 is 14.3 Å². The van der Waals surface area contributed by atoms with E-state index in [1.807, 2.05) is 12.1 Å². The van der Waals surface area contributed by atoms with Crippen LogP contribution >= 0.6 is 0 Å². The van der Waals surface area contributed by atoms with E-state index in [1.54, 1.807) is 48.7 Å². The second-order valence-corrected chi connectivity index (χ2v) is 6.99. The Labute approximate surface area is 178 Å². The van der Waals surface area contributed by atoms with Crippen LogP contribution in [-0.2, 0) is 9.53 Å². The van der Waals surface area contributed by atoms with Gasteiger partial charge in [-0.25, -0.2) is 0 Å². The topological polar surface area (TPSA) is 106 Å². The Morgan fingerprint density at radius 3 is 2.84 bits per heavy atom. The molecule has 8 nitrogen and oxygen atoms in total. The molecule has 1 aliphatic rings. The summed E-state index contributed by atoms with van der Waals surface area (Å²) >= 11 is 0. The van der Waals surface area contributed by atoms with Gasteiger partial charge in [0.15, 0.2) is 0 Å².